The maximum atomic E-state index is 12.8. The minimum atomic E-state index is -0.213. The highest BCUT2D eigenvalue weighted by atomic mass is 127. The number of rotatable bonds is 3. The summed E-state index contributed by atoms with van der Waals surface area (Å²) in [6, 6.07) is 11.2. The van der Waals surface area contributed by atoms with Gasteiger partial charge in [0, 0.05) is 34.8 Å². The number of para-hydroxylation sites is 2. The number of anilines is 2. The quantitative estimate of drug-likeness (QED) is 0.505. The summed E-state index contributed by atoms with van der Waals surface area (Å²) in [5.41, 5.74) is 2.31. The lowest BCUT2D eigenvalue weighted by atomic mass is 10.1. The van der Waals surface area contributed by atoms with Crippen molar-refractivity contribution in [1.29, 1.82) is 0 Å². The number of carbonyl (C=O) groups is 1. The van der Waals surface area contributed by atoms with E-state index in [4.69, 9.17) is 23.2 Å². The fraction of sp³-hybridized carbons (Fsp3) is 0.278. The molecule has 132 valence electrons. The molecule has 1 amide bonds. The molecule has 1 aliphatic rings. The number of amides is 1. The molecule has 1 aliphatic heterocycles. The predicted octanol–water partition coefficient (Wildman–Crippen LogP) is 4.60. The lowest BCUT2D eigenvalue weighted by molar-refractivity contribution is 0.102. The van der Waals surface area contributed by atoms with Gasteiger partial charge in [0.15, 0.2) is 0 Å². The Bertz CT molecular complexity index is 792. The molecule has 4 nitrogen and oxygen atoms in total. The van der Waals surface area contributed by atoms with Gasteiger partial charge >= 0.3 is 0 Å². The molecule has 0 unspecified atom stereocenters. The molecule has 1 N–H and O–H groups in total. The van der Waals surface area contributed by atoms with Crippen LogP contribution < -0.4 is 10.2 Å². The molecule has 3 rings (SSSR count). The topological polar surface area (TPSA) is 35.6 Å². The van der Waals surface area contributed by atoms with Crippen molar-refractivity contribution in [1.82, 2.24) is 4.90 Å². The highest BCUT2D eigenvalue weighted by Gasteiger charge is 2.19. The Morgan fingerprint density at radius 3 is 2.52 bits per heavy atom. The van der Waals surface area contributed by atoms with Crippen LogP contribution in [0.5, 0.6) is 0 Å². The van der Waals surface area contributed by atoms with Crippen LogP contribution in [-0.4, -0.2) is 44.0 Å². The van der Waals surface area contributed by atoms with Gasteiger partial charge in [0.1, 0.15) is 0 Å². The molecule has 1 saturated heterocycles. The first-order chi connectivity index (χ1) is 12.0. The van der Waals surface area contributed by atoms with E-state index in [1.165, 1.54) is 0 Å². The first-order valence-corrected chi connectivity index (χ1v) is 9.77. The fourth-order valence-electron chi connectivity index (χ4n) is 2.81. The Hall–Kier alpha value is -1.02. The minimum Gasteiger partial charge on any atom is -0.367 e. The predicted molar refractivity (Wildman–Crippen MR) is 113 cm³/mol. The first-order valence-electron chi connectivity index (χ1n) is 7.94. The molecule has 0 atom stereocenters. The first kappa shape index (κ1) is 18.8. The molecule has 1 fully saturated rings. The number of nitrogens with one attached hydrogen (secondary N) is 1. The molecule has 0 spiro atoms. The standard InChI is InChI=1S/C18H18Cl2IN3O/c1-23-6-8-24(9-7-23)16-5-3-2-4-15(16)22-18(25)13-10-12(19)11-14(20)17(13)21/h2-5,10-11H,6-9H2,1H3,(H,22,25). The van der Waals surface area contributed by atoms with Crippen LogP contribution in [0.1, 0.15) is 10.4 Å². The highest BCUT2D eigenvalue weighted by Crippen LogP contribution is 2.30. The van der Waals surface area contributed by atoms with E-state index < -0.39 is 0 Å². The summed E-state index contributed by atoms with van der Waals surface area (Å²) < 4.78 is 0.693. The summed E-state index contributed by atoms with van der Waals surface area (Å²) in [6.07, 6.45) is 0. The number of piperazine rings is 1. The van der Waals surface area contributed by atoms with E-state index in [1.807, 2.05) is 24.3 Å². The normalized spacial score (nSPS) is 15.3. The number of nitrogens with zero attached hydrogens (tertiary/aromatic N) is 2. The van der Waals surface area contributed by atoms with Gasteiger partial charge in [-0.15, -0.1) is 0 Å². The van der Waals surface area contributed by atoms with Crippen molar-refractivity contribution in [2.75, 3.05) is 43.4 Å². The second-order valence-corrected chi connectivity index (χ2v) is 7.93. The van der Waals surface area contributed by atoms with Crippen molar-refractivity contribution in [2.45, 2.75) is 0 Å². The van der Waals surface area contributed by atoms with Gasteiger partial charge in [-0.1, -0.05) is 35.3 Å². The molecular weight excluding hydrogens is 472 g/mol. The molecule has 2 aromatic rings. The SMILES string of the molecule is CN1CCN(c2ccccc2NC(=O)c2cc(Cl)cc(Cl)c2I)CC1. The van der Waals surface area contributed by atoms with Gasteiger partial charge in [-0.05, 0) is 53.9 Å². The average molecular weight is 490 g/mol. The van der Waals surface area contributed by atoms with E-state index >= 15 is 0 Å². The maximum Gasteiger partial charge on any atom is 0.256 e. The van der Waals surface area contributed by atoms with E-state index in [2.05, 4.69) is 44.8 Å². The van der Waals surface area contributed by atoms with Gasteiger partial charge in [0.25, 0.3) is 5.91 Å². The zero-order valence-corrected chi connectivity index (χ0v) is 17.4. The fourth-order valence-corrected chi connectivity index (χ4v) is 3.86. The summed E-state index contributed by atoms with van der Waals surface area (Å²) >= 11 is 14.3. The van der Waals surface area contributed by atoms with Gasteiger partial charge in [0.2, 0.25) is 0 Å². The third-order valence-electron chi connectivity index (χ3n) is 4.23. The smallest absolute Gasteiger partial charge is 0.256 e. The van der Waals surface area contributed by atoms with E-state index in [9.17, 15) is 4.79 Å². The van der Waals surface area contributed by atoms with E-state index in [0.29, 0.717) is 19.2 Å². The Balaban J connectivity index is 1.85. The average Bonchev–Trinajstić information content (AvgIpc) is 2.59. The molecule has 0 aliphatic carbocycles. The molecule has 7 heteroatoms. The molecule has 0 saturated carbocycles. The highest BCUT2D eigenvalue weighted by molar-refractivity contribution is 14.1. The molecule has 25 heavy (non-hydrogen) atoms. The lowest BCUT2D eigenvalue weighted by Gasteiger charge is -2.35. The van der Waals surface area contributed by atoms with E-state index in [1.54, 1.807) is 12.1 Å². The summed E-state index contributed by atoms with van der Waals surface area (Å²) in [7, 11) is 2.12. The van der Waals surface area contributed by atoms with E-state index in [0.717, 1.165) is 37.6 Å². The molecule has 0 aromatic heterocycles. The number of likely N-dealkylation sites (N-methyl/N-ethyl adjacent to an activating group) is 1. The largest absolute Gasteiger partial charge is 0.367 e. The molecule has 0 bridgehead atoms. The van der Waals surface area contributed by atoms with Crippen LogP contribution in [0.3, 0.4) is 0 Å². The van der Waals surface area contributed by atoms with Gasteiger partial charge in [-0.3, -0.25) is 4.79 Å². The zero-order chi connectivity index (χ0) is 18.0. The van der Waals surface area contributed by atoms with E-state index in [-0.39, 0.29) is 5.91 Å². The van der Waals surface area contributed by atoms with Crippen LogP contribution in [0, 0.1) is 3.57 Å². The maximum absolute atomic E-state index is 12.8. The van der Waals surface area contributed by atoms with Crippen molar-refractivity contribution in [3.63, 3.8) is 0 Å². The Kier molecular flexibility index (Phi) is 6.09. The zero-order valence-electron chi connectivity index (χ0n) is 13.7. The van der Waals surface area contributed by atoms with Gasteiger partial charge in [-0.25, -0.2) is 0 Å². The summed E-state index contributed by atoms with van der Waals surface area (Å²) in [4.78, 5) is 17.4. The number of halogens is 3. The van der Waals surface area contributed by atoms with Crippen LogP contribution in [0.4, 0.5) is 11.4 Å². The molecular formula is C18H18Cl2IN3O. The number of hydrogen-bond acceptors (Lipinski definition) is 3. The Labute approximate surface area is 171 Å². The summed E-state index contributed by atoms with van der Waals surface area (Å²) in [5, 5.41) is 3.94. The molecule has 0 radical (unpaired) electrons. The Morgan fingerprint density at radius 1 is 1.12 bits per heavy atom. The second kappa shape index (κ2) is 8.12. The van der Waals surface area contributed by atoms with Gasteiger partial charge in [0.05, 0.1) is 22.0 Å². The van der Waals surface area contributed by atoms with Gasteiger partial charge in [-0.2, -0.15) is 0 Å². The lowest BCUT2D eigenvalue weighted by Crippen LogP contribution is -2.44. The van der Waals surface area contributed by atoms with Crippen molar-refractivity contribution < 1.29 is 4.79 Å². The van der Waals surface area contributed by atoms with Crippen LogP contribution in [-0.2, 0) is 0 Å². The van der Waals surface area contributed by atoms with Crippen LogP contribution in [0.25, 0.3) is 0 Å². The minimum absolute atomic E-state index is 0.213. The van der Waals surface area contributed by atoms with Crippen LogP contribution in [0.2, 0.25) is 10.0 Å². The Morgan fingerprint density at radius 2 is 1.80 bits per heavy atom. The van der Waals surface area contributed by atoms with Crippen LogP contribution in [0.15, 0.2) is 36.4 Å². The third-order valence-corrected chi connectivity index (χ3v) is 6.23. The number of benzene rings is 2. The van der Waals surface area contributed by atoms with Gasteiger partial charge < -0.3 is 15.1 Å². The molecule has 2 aromatic carbocycles. The molecule has 1 heterocycles. The monoisotopic (exact) mass is 489 g/mol. The summed E-state index contributed by atoms with van der Waals surface area (Å²) in [5.74, 6) is -0.213. The summed E-state index contributed by atoms with van der Waals surface area (Å²) in [6.45, 7) is 3.88. The number of carbonyl (C=O) groups excluding carboxylic acids is 1. The van der Waals surface area contributed by atoms with Crippen molar-refractivity contribution in [2.24, 2.45) is 0 Å². The second-order valence-electron chi connectivity index (χ2n) is 6.01. The third kappa shape index (κ3) is 4.39. The van der Waals surface area contributed by atoms with Crippen molar-refractivity contribution in [3.8, 4) is 0 Å². The van der Waals surface area contributed by atoms with Crippen LogP contribution >= 0.6 is 45.8 Å². The van der Waals surface area contributed by atoms with Crippen molar-refractivity contribution in [3.05, 3.63) is 55.6 Å². The number of hydrogen-bond donors (Lipinski definition) is 1. The van der Waals surface area contributed by atoms with Crippen molar-refractivity contribution >= 4 is 63.1 Å².